The molecular weight excluding hydrogens is 298 g/mol. The minimum atomic E-state index is -0.670. The number of halogens is 3. The lowest BCUT2D eigenvalue weighted by Crippen LogP contribution is -2.05. The number of methoxy groups -OCH3 is 1. The van der Waals surface area contributed by atoms with Gasteiger partial charge in [-0.15, -0.1) is 11.6 Å². The second-order valence-electron chi connectivity index (χ2n) is 4.42. The number of para-hydroxylation sites is 1. The molecule has 3 aromatic rings. The highest BCUT2D eigenvalue weighted by Crippen LogP contribution is 2.28. The monoisotopic (exact) mass is 308 g/mol. The van der Waals surface area contributed by atoms with Crippen LogP contribution in [-0.4, -0.2) is 16.7 Å². The van der Waals surface area contributed by atoms with Gasteiger partial charge < -0.3 is 4.74 Å². The fraction of sp³-hybridized carbons (Fsp3) is 0.133. The van der Waals surface area contributed by atoms with Gasteiger partial charge in [-0.25, -0.2) is 13.8 Å². The first-order chi connectivity index (χ1) is 10.2. The van der Waals surface area contributed by atoms with Crippen LogP contribution in [0.4, 0.5) is 8.78 Å². The van der Waals surface area contributed by atoms with Crippen molar-refractivity contribution in [1.29, 1.82) is 0 Å². The van der Waals surface area contributed by atoms with E-state index in [0.717, 1.165) is 0 Å². The maximum Gasteiger partial charge on any atom is 0.150 e. The van der Waals surface area contributed by atoms with E-state index in [1.807, 2.05) is 0 Å². The lowest BCUT2D eigenvalue weighted by molar-refractivity contribution is 0.415. The Bertz CT molecular complexity index is 797. The summed E-state index contributed by atoms with van der Waals surface area (Å²) in [5.74, 6) is -0.329. The van der Waals surface area contributed by atoms with E-state index in [1.54, 1.807) is 18.2 Å². The summed E-state index contributed by atoms with van der Waals surface area (Å²) in [6.07, 6.45) is 0. The van der Waals surface area contributed by atoms with Crippen molar-refractivity contribution in [2.45, 2.75) is 5.88 Å². The lowest BCUT2D eigenvalue weighted by atomic mass is 10.2. The molecule has 0 fully saturated rings. The van der Waals surface area contributed by atoms with Gasteiger partial charge in [-0.3, -0.25) is 4.57 Å². The van der Waals surface area contributed by atoms with E-state index in [1.165, 1.54) is 29.9 Å². The Kier molecular flexibility index (Phi) is 3.51. The third-order valence-corrected chi connectivity index (χ3v) is 3.45. The minimum absolute atomic E-state index is 0.0325. The molecule has 1 heterocycles. The number of ether oxygens (including phenoxy) is 1. The first-order valence-corrected chi connectivity index (χ1v) is 6.75. The summed E-state index contributed by atoms with van der Waals surface area (Å²) in [5.41, 5.74) is 0.948. The van der Waals surface area contributed by atoms with Crippen LogP contribution >= 0.6 is 11.6 Å². The maximum atomic E-state index is 14.0. The third kappa shape index (κ3) is 2.23. The number of aromatic nitrogens is 2. The predicted octanol–water partition coefficient (Wildman–Crippen LogP) is 4.05. The van der Waals surface area contributed by atoms with Crippen LogP contribution in [0.1, 0.15) is 5.82 Å². The van der Waals surface area contributed by atoms with Crippen LogP contribution in [0.3, 0.4) is 0 Å². The molecular formula is C15H11ClF2N2O. The van der Waals surface area contributed by atoms with Crippen LogP contribution in [0.5, 0.6) is 5.75 Å². The average molecular weight is 309 g/mol. The van der Waals surface area contributed by atoms with Crippen LogP contribution in [0.2, 0.25) is 0 Å². The summed E-state index contributed by atoms with van der Waals surface area (Å²) in [6.45, 7) is 0. The Balaban J connectivity index is 2.36. The van der Waals surface area contributed by atoms with Crippen molar-refractivity contribution in [3.8, 4) is 11.4 Å². The number of hydrogen-bond acceptors (Lipinski definition) is 2. The number of alkyl halides is 1. The zero-order valence-electron chi connectivity index (χ0n) is 11.1. The van der Waals surface area contributed by atoms with Crippen molar-refractivity contribution in [3.63, 3.8) is 0 Å². The number of nitrogens with zero attached hydrogens (tertiary/aromatic N) is 2. The fourth-order valence-corrected chi connectivity index (χ4v) is 2.46. The summed E-state index contributed by atoms with van der Waals surface area (Å²) < 4.78 is 34.6. The van der Waals surface area contributed by atoms with Gasteiger partial charge in [0.1, 0.15) is 28.9 Å². The molecule has 0 radical (unpaired) electrons. The van der Waals surface area contributed by atoms with Crippen LogP contribution < -0.4 is 4.74 Å². The average Bonchev–Trinajstić information content (AvgIpc) is 2.84. The van der Waals surface area contributed by atoms with E-state index in [4.69, 9.17) is 16.3 Å². The second-order valence-corrected chi connectivity index (χ2v) is 4.69. The highest BCUT2D eigenvalue weighted by molar-refractivity contribution is 6.17. The maximum absolute atomic E-state index is 14.0. The standard InChI is InChI=1S/C15H11ClF2N2O/c1-21-9-5-6-13-12(7-9)19-14(8-16)20(13)15-10(17)3-2-4-11(15)18/h2-7H,8H2,1H3. The minimum Gasteiger partial charge on any atom is -0.497 e. The van der Waals surface area contributed by atoms with Crippen molar-refractivity contribution in [2.75, 3.05) is 7.11 Å². The highest BCUT2D eigenvalue weighted by Gasteiger charge is 2.18. The third-order valence-electron chi connectivity index (χ3n) is 3.21. The normalized spacial score (nSPS) is 11.0. The molecule has 2 aromatic carbocycles. The summed E-state index contributed by atoms with van der Waals surface area (Å²) in [5, 5.41) is 0. The van der Waals surface area contributed by atoms with Gasteiger partial charge in [-0.05, 0) is 24.3 Å². The molecule has 0 N–H and O–H groups in total. The highest BCUT2D eigenvalue weighted by atomic mass is 35.5. The molecule has 0 bridgehead atoms. The summed E-state index contributed by atoms with van der Waals surface area (Å²) >= 11 is 5.87. The predicted molar refractivity (Wildman–Crippen MR) is 77.1 cm³/mol. The Labute approximate surface area is 124 Å². The van der Waals surface area contributed by atoms with Crippen molar-refractivity contribution >= 4 is 22.6 Å². The molecule has 3 nitrogen and oxygen atoms in total. The van der Waals surface area contributed by atoms with Gasteiger partial charge in [0.05, 0.1) is 24.0 Å². The number of fused-ring (bicyclic) bond motifs is 1. The topological polar surface area (TPSA) is 27.1 Å². The molecule has 0 unspecified atom stereocenters. The molecule has 0 saturated heterocycles. The van der Waals surface area contributed by atoms with Crippen molar-refractivity contribution in [3.05, 3.63) is 53.9 Å². The van der Waals surface area contributed by atoms with Crippen molar-refractivity contribution in [1.82, 2.24) is 9.55 Å². The van der Waals surface area contributed by atoms with Crippen LogP contribution in [0.15, 0.2) is 36.4 Å². The molecule has 0 aliphatic rings. The molecule has 21 heavy (non-hydrogen) atoms. The summed E-state index contributed by atoms with van der Waals surface area (Å²) in [4.78, 5) is 4.32. The van der Waals surface area contributed by atoms with Gasteiger partial charge in [0.15, 0.2) is 0 Å². The number of imidazole rings is 1. The van der Waals surface area contributed by atoms with Gasteiger partial charge in [-0.1, -0.05) is 6.07 Å². The van der Waals surface area contributed by atoms with Crippen LogP contribution in [-0.2, 0) is 5.88 Å². The zero-order chi connectivity index (χ0) is 15.0. The molecule has 108 valence electrons. The molecule has 0 aliphatic heterocycles. The summed E-state index contributed by atoms with van der Waals surface area (Å²) in [7, 11) is 1.54. The van der Waals surface area contributed by atoms with E-state index in [2.05, 4.69) is 4.98 Å². The Morgan fingerprint density at radius 3 is 2.52 bits per heavy atom. The molecule has 1 aromatic heterocycles. The first-order valence-electron chi connectivity index (χ1n) is 6.21. The molecule has 0 aliphatic carbocycles. The van der Waals surface area contributed by atoms with Gasteiger partial charge in [0.2, 0.25) is 0 Å². The molecule has 0 atom stereocenters. The summed E-state index contributed by atoms with van der Waals surface area (Å²) in [6, 6.07) is 8.81. The van der Waals surface area contributed by atoms with Gasteiger partial charge >= 0.3 is 0 Å². The van der Waals surface area contributed by atoms with Gasteiger partial charge in [-0.2, -0.15) is 0 Å². The SMILES string of the molecule is COc1ccc2c(c1)nc(CCl)n2-c1c(F)cccc1F. The van der Waals surface area contributed by atoms with E-state index in [9.17, 15) is 8.78 Å². The quantitative estimate of drug-likeness (QED) is 0.683. The molecule has 0 spiro atoms. The molecule has 3 rings (SSSR count). The van der Waals surface area contributed by atoms with Crippen molar-refractivity contribution < 1.29 is 13.5 Å². The Hall–Kier alpha value is -2.14. The molecule has 0 amide bonds. The largest absolute Gasteiger partial charge is 0.497 e. The van der Waals surface area contributed by atoms with E-state index >= 15 is 0 Å². The Morgan fingerprint density at radius 2 is 1.90 bits per heavy atom. The molecule has 0 saturated carbocycles. The number of benzene rings is 2. The smallest absolute Gasteiger partial charge is 0.150 e. The number of rotatable bonds is 3. The lowest BCUT2D eigenvalue weighted by Gasteiger charge is -2.10. The van der Waals surface area contributed by atoms with Crippen molar-refractivity contribution in [2.24, 2.45) is 0 Å². The van der Waals surface area contributed by atoms with Gasteiger partial charge in [0.25, 0.3) is 0 Å². The Morgan fingerprint density at radius 1 is 1.19 bits per heavy atom. The van der Waals surface area contributed by atoms with Crippen LogP contribution in [0.25, 0.3) is 16.7 Å². The number of hydrogen-bond donors (Lipinski definition) is 0. The first kappa shape index (κ1) is 13.8. The van der Waals surface area contributed by atoms with E-state index in [-0.39, 0.29) is 11.6 Å². The zero-order valence-corrected chi connectivity index (χ0v) is 11.9. The van der Waals surface area contributed by atoms with Crippen LogP contribution in [0, 0.1) is 11.6 Å². The van der Waals surface area contributed by atoms with Gasteiger partial charge in [0, 0.05) is 6.07 Å². The van der Waals surface area contributed by atoms with E-state index in [0.29, 0.717) is 22.6 Å². The van der Waals surface area contributed by atoms with E-state index < -0.39 is 11.6 Å². The fourth-order valence-electron chi connectivity index (χ4n) is 2.28. The second kappa shape index (κ2) is 5.33. The molecule has 6 heteroatoms.